The summed E-state index contributed by atoms with van der Waals surface area (Å²) in [5.74, 6) is -0.0128. The number of nitrogens with one attached hydrogen (secondary N) is 1. The number of halogens is 1. The van der Waals surface area contributed by atoms with Gasteiger partial charge in [0.15, 0.2) is 5.13 Å². The zero-order valence-corrected chi connectivity index (χ0v) is 14.6. The molecule has 1 saturated carbocycles. The van der Waals surface area contributed by atoms with E-state index in [1.807, 2.05) is 30.3 Å². The quantitative estimate of drug-likeness (QED) is 0.768. The van der Waals surface area contributed by atoms with Gasteiger partial charge in [-0.1, -0.05) is 30.3 Å². The highest BCUT2D eigenvalue weighted by Gasteiger charge is 2.31. The fourth-order valence-corrected chi connectivity index (χ4v) is 3.22. The highest BCUT2D eigenvalue weighted by Crippen LogP contribution is 2.31. The van der Waals surface area contributed by atoms with E-state index in [0.29, 0.717) is 17.6 Å². The number of rotatable bonds is 7. The van der Waals surface area contributed by atoms with Crippen molar-refractivity contribution in [2.45, 2.75) is 18.2 Å². The van der Waals surface area contributed by atoms with Crippen LogP contribution in [0.2, 0.25) is 0 Å². The van der Waals surface area contributed by atoms with Crippen LogP contribution in [0.4, 0.5) is 5.13 Å². The summed E-state index contributed by atoms with van der Waals surface area (Å²) in [5, 5.41) is 4.25. The Kier molecular flexibility index (Phi) is 5.48. The van der Waals surface area contributed by atoms with Crippen LogP contribution in [-0.4, -0.2) is 34.8 Å². The number of carbonyl (C=O) groups is 2. The van der Waals surface area contributed by atoms with Gasteiger partial charge in [0, 0.05) is 18.1 Å². The molecule has 1 aromatic heterocycles. The van der Waals surface area contributed by atoms with Gasteiger partial charge in [0.1, 0.15) is 5.38 Å². The second-order valence-corrected chi connectivity index (χ2v) is 7.15. The molecule has 0 radical (unpaired) electrons. The fourth-order valence-electron chi connectivity index (χ4n) is 2.39. The zero-order valence-electron chi connectivity index (χ0n) is 13.0. The monoisotopic (exact) mass is 363 g/mol. The van der Waals surface area contributed by atoms with Gasteiger partial charge in [-0.25, -0.2) is 4.98 Å². The molecule has 1 N–H and O–H groups in total. The van der Waals surface area contributed by atoms with E-state index in [4.69, 9.17) is 11.6 Å². The summed E-state index contributed by atoms with van der Waals surface area (Å²) in [6, 6.07) is 9.21. The number of benzene rings is 1. The summed E-state index contributed by atoms with van der Waals surface area (Å²) in [7, 11) is 0. The van der Waals surface area contributed by atoms with Gasteiger partial charge in [-0.3, -0.25) is 9.59 Å². The normalized spacial score (nSPS) is 14.9. The van der Waals surface area contributed by atoms with E-state index in [2.05, 4.69) is 10.3 Å². The Balaban J connectivity index is 1.66. The van der Waals surface area contributed by atoms with Crippen molar-refractivity contribution in [2.24, 2.45) is 5.92 Å². The standard InChI is InChI=1S/C17H18ClN3O2S/c18-15(13-4-2-1-3-5-13)16(23)21(10-12-6-7-12)11-14(22)20-17-19-8-9-24-17/h1-5,8-9,12,15H,6-7,10-11H2,(H,19,20,22)/t15-/m1/s1. The van der Waals surface area contributed by atoms with Gasteiger partial charge in [0.2, 0.25) is 11.8 Å². The van der Waals surface area contributed by atoms with E-state index < -0.39 is 5.38 Å². The first kappa shape index (κ1) is 16.9. The molecule has 0 saturated heterocycles. The van der Waals surface area contributed by atoms with E-state index in [-0.39, 0.29) is 18.4 Å². The minimum Gasteiger partial charge on any atom is -0.332 e. The van der Waals surface area contributed by atoms with E-state index in [1.165, 1.54) is 11.3 Å². The van der Waals surface area contributed by atoms with Crippen molar-refractivity contribution < 1.29 is 9.59 Å². The molecule has 2 amide bonds. The Hall–Kier alpha value is -1.92. The first-order valence-corrected chi connectivity index (χ1v) is 9.12. The predicted molar refractivity (Wildman–Crippen MR) is 95.1 cm³/mol. The maximum Gasteiger partial charge on any atom is 0.245 e. The molecule has 5 nitrogen and oxygen atoms in total. The lowest BCUT2D eigenvalue weighted by Crippen LogP contribution is -2.41. The summed E-state index contributed by atoms with van der Waals surface area (Å²) in [6.07, 6.45) is 3.81. The third-order valence-corrected chi connectivity index (χ3v) is 4.94. The Morgan fingerprint density at radius 2 is 2.08 bits per heavy atom. The van der Waals surface area contributed by atoms with Crippen LogP contribution in [0.15, 0.2) is 41.9 Å². The van der Waals surface area contributed by atoms with Crippen LogP contribution in [-0.2, 0) is 9.59 Å². The molecule has 3 rings (SSSR count). The minimum atomic E-state index is -0.780. The van der Waals surface area contributed by atoms with Crippen LogP contribution in [0.5, 0.6) is 0 Å². The minimum absolute atomic E-state index is 0.00896. The molecule has 1 atom stereocenters. The number of nitrogens with zero attached hydrogens (tertiary/aromatic N) is 2. The maximum absolute atomic E-state index is 12.7. The van der Waals surface area contributed by atoms with E-state index in [0.717, 1.165) is 18.4 Å². The Morgan fingerprint density at radius 1 is 1.33 bits per heavy atom. The van der Waals surface area contributed by atoms with E-state index in [9.17, 15) is 9.59 Å². The van der Waals surface area contributed by atoms with Gasteiger partial charge in [-0.05, 0) is 24.3 Å². The molecule has 1 aliphatic rings. The molecule has 1 heterocycles. The summed E-state index contributed by atoms with van der Waals surface area (Å²) >= 11 is 7.69. The molecule has 1 fully saturated rings. The van der Waals surface area contributed by atoms with E-state index in [1.54, 1.807) is 16.5 Å². The molecule has 7 heteroatoms. The van der Waals surface area contributed by atoms with Crippen LogP contribution >= 0.6 is 22.9 Å². The number of carbonyl (C=O) groups excluding carboxylic acids is 2. The van der Waals surface area contributed by atoms with Crippen LogP contribution in [0.1, 0.15) is 23.8 Å². The van der Waals surface area contributed by atoms with Crippen molar-refractivity contribution in [3.63, 3.8) is 0 Å². The van der Waals surface area contributed by atoms with Gasteiger partial charge >= 0.3 is 0 Å². The molecule has 0 unspecified atom stereocenters. The number of alkyl halides is 1. The third-order valence-electron chi connectivity index (χ3n) is 3.81. The molecule has 126 valence electrons. The Bertz CT molecular complexity index is 689. The van der Waals surface area contributed by atoms with Gasteiger partial charge < -0.3 is 10.2 Å². The smallest absolute Gasteiger partial charge is 0.245 e. The number of amides is 2. The summed E-state index contributed by atoms with van der Waals surface area (Å²) in [4.78, 5) is 30.5. The molecule has 24 heavy (non-hydrogen) atoms. The maximum atomic E-state index is 12.7. The van der Waals surface area contributed by atoms with Crippen molar-refractivity contribution in [3.05, 3.63) is 47.5 Å². The SMILES string of the molecule is O=C(CN(CC1CC1)C(=O)[C@H](Cl)c1ccccc1)Nc1nccs1. The molecule has 1 aliphatic carbocycles. The van der Waals surface area contributed by atoms with Crippen LogP contribution in [0, 0.1) is 5.92 Å². The summed E-state index contributed by atoms with van der Waals surface area (Å²) in [6.45, 7) is 0.561. The van der Waals surface area contributed by atoms with Gasteiger partial charge in [0.25, 0.3) is 0 Å². The molecule has 0 bridgehead atoms. The molecule has 0 spiro atoms. The Labute approximate surface area is 149 Å². The number of aromatic nitrogens is 1. The molecule has 2 aromatic rings. The Morgan fingerprint density at radius 3 is 2.71 bits per heavy atom. The number of hydrogen-bond donors (Lipinski definition) is 1. The largest absolute Gasteiger partial charge is 0.332 e. The second kappa shape index (κ2) is 7.77. The lowest BCUT2D eigenvalue weighted by molar-refractivity contribution is -0.134. The number of hydrogen-bond acceptors (Lipinski definition) is 4. The van der Waals surface area contributed by atoms with Crippen molar-refractivity contribution in [3.8, 4) is 0 Å². The van der Waals surface area contributed by atoms with Crippen molar-refractivity contribution in [1.82, 2.24) is 9.88 Å². The average Bonchev–Trinajstić information content (AvgIpc) is 3.27. The third kappa shape index (κ3) is 4.55. The molecule has 1 aromatic carbocycles. The summed E-state index contributed by atoms with van der Waals surface area (Å²) < 4.78 is 0. The molecular formula is C17H18ClN3O2S. The highest BCUT2D eigenvalue weighted by atomic mass is 35.5. The van der Waals surface area contributed by atoms with Crippen molar-refractivity contribution >= 4 is 39.9 Å². The molecule has 0 aliphatic heterocycles. The van der Waals surface area contributed by atoms with Gasteiger partial charge in [-0.2, -0.15) is 0 Å². The van der Waals surface area contributed by atoms with Gasteiger partial charge in [0.05, 0.1) is 6.54 Å². The number of thiazole rings is 1. The molecular weight excluding hydrogens is 346 g/mol. The lowest BCUT2D eigenvalue weighted by Gasteiger charge is -2.24. The first-order valence-electron chi connectivity index (χ1n) is 7.80. The number of anilines is 1. The van der Waals surface area contributed by atoms with Crippen LogP contribution in [0.3, 0.4) is 0 Å². The zero-order chi connectivity index (χ0) is 16.9. The fraction of sp³-hybridized carbons (Fsp3) is 0.353. The van der Waals surface area contributed by atoms with Gasteiger partial charge in [-0.15, -0.1) is 22.9 Å². The van der Waals surface area contributed by atoms with Crippen LogP contribution in [0.25, 0.3) is 0 Å². The van der Waals surface area contributed by atoms with Crippen LogP contribution < -0.4 is 5.32 Å². The highest BCUT2D eigenvalue weighted by molar-refractivity contribution is 7.13. The van der Waals surface area contributed by atoms with Crippen molar-refractivity contribution in [1.29, 1.82) is 0 Å². The predicted octanol–water partition coefficient (Wildman–Crippen LogP) is 3.30. The van der Waals surface area contributed by atoms with E-state index >= 15 is 0 Å². The first-order chi connectivity index (χ1) is 11.6. The summed E-state index contributed by atoms with van der Waals surface area (Å²) in [5.41, 5.74) is 0.741. The topological polar surface area (TPSA) is 62.3 Å². The van der Waals surface area contributed by atoms with Crippen molar-refractivity contribution in [2.75, 3.05) is 18.4 Å². The average molecular weight is 364 g/mol. The lowest BCUT2D eigenvalue weighted by atomic mass is 10.1. The second-order valence-electron chi connectivity index (χ2n) is 5.82.